The first-order chi connectivity index (χ1) is 11.0. The van der Waals surface area contributed by atoms with Crippen LogP contribution < -0.4 is 0 Å². The first-order valence-electron chi connectivity index (χ1n) is 8.28. The molecule has 128 valence electrons. The van der Waals surface area contributed by atoms with Crippen LogP contribution in [0.15, 0.2) is 24.3 Å². The fourth-order valence-corrected chi connectivity index (χ4v) is 3.41. The van der Waals surface area contributed by atoms with Crippen LogP contribution in [0.5, 0.6) is 0 Å². The number of hydrogen-bond acceptors (Lipinski definition) is 3. The van der Waals surface area contributed by atoms with E-state index in [1.807, 2.05) is 29.2 Å². The smallest absolute Gasteiger partial charge is 0.227 e. The molecule has 1 heterocycles. The van der Waals surface area contributed by atoms with Crippen LogP contribution >= 0.6 is 11.6 Å². The van der Waals surface area contributed by atoms with Gasteiger partial charge in [-0.15, -0.1) is 0 Å². The molecule has 0 spiro atoms. The topological polar surface area (TPSA) is 32.8 Å². The molecule has 4 nitrogen and oxygen atoms in total. The third kappa shape index (κ3) is 5.20. The molecule has 1 saturated heterocycles. The van der Waals surface area contributed by atoms with Gasteiger partial charge in [0.15, 0.2) is 0 Å². The second kappa shape index (κ2) is 8.67. The van der Waals surface area contributed by atoms with Gasteiger partial charge in [0.25, 0.3) is 0 Å². The molecule has 23 heavy (non-hydrogen) atoms. The highest BCUT2D eigenvalue weighted by Gasteiger charge is 2.31. The molecule has 0 radical (unpaired) electrons. The van der Waals surface area contributed by atoms with Crippen LogP contribution in [0.1, 0.15) is 25.8 Å². The number of halogens is 1. The maximum Gasteiger partial charge on any atom is 0.227 e. The maximum absolute atomic E-state index is 12.6. The van der Waals surface area contributed by atoms with Crippen LogP contribution in [0.3, 0.4) is 0 Å². The van der Waals surface area contributed by atoms with Gasteiger partial charge < -0.3 is 9.64 Å². The molecule has 5 heteroatoms. The average molecular weight is 339 g/mol. The van der Waals surface area contributed by atoms with Gasteiger partial charge in [-0.05, 0) is 38.0 Å². The number of nitrogens with zero attached hydrogens (tertiary/aromatic N) is 2. The Morgan fingerprint density at radius 1 is 1.22 bits per heavy atom. The summed E-state index contributed by atoms with van der Waals surface area (Å²) in [6, 6.07) is 8.28. The van der Waals surface area contributed by atoms with Crippen LogP contribution in [0.4, 0.5) is 0 Å². The van der Waals surface area contributed by atoms with Crippen molar-refractivity contribution >= 4 is 17.5 Å². The summed E-state index contributed by atoms with van der Waals surface area (Å²) in [5, 5.41) is 0.702. The van der Waals surface area contributed by atoms with Crippen LogP contribution in [0.25, 0.3) is 0 Å². The molecule has 0 aromatic heterocycles. The minimum atomic E-state index is 0.197. The fraction of sp³-hybridized carbons (Fsp3) is 0.611. The molecule has 0 N–H and O–H groups in total. The molecule has 0 aliphatic carbocycles. The zero-order valence-corrected chi connectivity index (χ0v) is 15.1. The van der Waals surface area contributed by atoms with Gasteiger partial charge in [-0.25, -0.2) is 0 Å². The highest BCUT2D eigenvalue weighted by molar-refractivity contribution is 6.30. The summed E-state index contributed by atoms with van der Waals surface area (Å²) in [6.07, 6.45) is 1.48. The number of rotatable bonds is 6. The van der Waals surface area contributed by atoms with Crippen molar-refractivity contribution < 1.29 is 9.53 Å². The molecule has 2 rings (SSSR count). The second-order valence-electron chi connectivity index (χ2n) is 6.38. The van der Waals surface area contributed by atoms with Crippen molar-refractivity contribution in [2.24, 2.45) is 0 Å². The number of hydrogen-bond donors (Lipinski definition) is 0. The van der Waals surface area contributed by atoms with Crippen molar-refractivity contribution in [3.63, 3.8) is 0 Å². The number of piperazine rings is 1. The summed E-state index contributed by atoms with van der Waals surface area (Å²) < 4.78 is 5.14. The van der Waals surface area contributed by atoms with Gasteiger partial charge in [-0.1, -0.05) is 23.7 Å². The Morgan fingerprint density at radius 3 is 2.39 bits per heavy atom. The number of carbonyl (C=O) groups is 1. The molecule has 2 atom stereocenters. The van der Waals surface area contributed by atoms with Crippen molar-refractivity contribution in [1.29, 1.82) is 0 Å². The third-order valence-corrected chi connectivity index (χ3v) is 4.74. The van der Waals surface area contributed by atoms with E-state index < -0.39 is 0 Å². The molecule has 1 aromatic rings. The van der Waals surface area contributed by atoms with Gasteiger partial charge in [0, 0.05) is 50.5 Å². The second-order valence-corrected chi connectivity index (χ2v) is 6.82. The minimum absolute atomic E-state index is 0.197. The van der Waals surface area contributed by atoms with E-state index in [9.17, 15) is 4.79 Å². The molecule has 1 amide bonds. The summed E-state index contributed by atoms with van der Waals surface area (Å²) in [5.74, 6) is 0.197. The van der Waals surface area contributed by atoms with E-state index in [1.165, 1.54) is 0 Å². The van der Waals surface area contributed by atoms with E-state index in [2.05, 4.69) is 18.7 Å². The number of ether oxygens (including phenoxy) is 1. The zero-order chi connectivity index (χ0) is 16.8. The van der Waals surface area contributed by atoms with E-state index >= 15 is 0 Å². The van der Waals surface area contributed by atoms with Gasteiger partial charge in [0.1, 0.15) is 0 Å². The minimum Gasteiger partial charge on any atom is -0.385 e. The van der Waals surface area contributed by atoms with Crippen LogP contribution in [0.2, 0.25) is 5.02 Å². The van der Waals surface area contributed by atoms with Crippen LogP contribution in [-0.4, -0.2) is 61.1 Å². The first kappa shape index (κ1) is 18.2. The molecule has 1 aromatic carbocycles. The Bertz CT molecular complexity index is 494. The summed E-state index contributed by atoms with van der Waals surface area (Å²) >= 11 is 5.89. The SMILES string of the molecule is COCCCN1C(C)CN(C(=O)Cc2ccc(Cl)cc2)CC1C. The van der Waals surface area contributed by atoms with Gasteiger partial charge in [0.2, 0.25) is 5.91 Å². The molecule has 0 bridgehead atoms. The number of methoxy groups -OCH3 is 1. The lowest BCUT2D eigenvalue weighted by atomic mass is 10.1. The highest BCUT2D eigenvalue weighted by atomic mass is 35.5. The lowest BCUT2D eigenvalue weighted by Crippen LogP contribution is -2.58. The monoisotopic (exact) mass is 338 g/mol. The van der Waals surface area contributed by atoms with Crippen molar-refractivity contribution in [1.82, 2.24) is 9.80 Å². The predicted octanol–water partition coefficient (Wildman–Crippen LogP) is 2.84. The van der Waals surface area contributed by atoms with Gasteiger partial charge in [-0.3, -0.25) is 9.69 Å². The van der Waals surface area contributed by atoms with E-state index in [0.717, 1.165) is 38.2 Å². The lowest BCUT2D eigenvalue weighted by molar-refractivity contribution is -0.134. The highest BCUT2D eigenvalue weighted by Crippen LogP contribution is 2.18. The largest absolute Gasteiger partial charge is 0.385 e. The first-order valence-corrected chi connectivity index (χ1v) is 8.66. The normalized spacial score (nSPS) is 22.3. The van der Waals surface area contributed by atoms with E-state index in [1.54, 1.807) is 7.11 Å². The molecule has 0 saturated carbocycles. The number of benzene rings is 1. The Morgan fingerprint density at radius 2 is 1.83 bits per heavy atom. The molecule has 1 aliphatic rings. The van der Waals surface area contributed by atoms with Crippen LogP contribution in [-0.2, 0) is 16.0 Å². The quantitative estimate of drug-likeness (QED) is 0.748. The van der Waals surface area contributed by atoms with E-state index in [0.29, 0.717) is 23.5 Å². The van der Waals surface area contributed by atoms with Crippen molar-refractivity contribution in [2.45, 2.75) is 38.8 Å². The Labute approximate surface area is 144 Å². The number of amides is 1. The van der Waals surface area contributed by atoms with Gasteiger partial charge >= 0.3 is 0 Å². The molecular weight excluding hydrogens is 312 g/mol. The Balaban J connectivity index is 1.89. The number of carbonyl (C=O) groups excluding carboxylic acids is 1. The Hall–Kier alpha value is -1.10. The predicted molar refractivity (Wildman–Crippen MR) is 93.9 cm³/mol. The van der Waals surface area contributed by atoms with Crippen molar-refractivity contribution in [3.05, 3.63) is 34.9 Å². The van der Waals surface area contributed by atoms with E-state index in [-0.39, 0.29) is 5.91 Å². The Kier molecular flexibility index (Phi) is 6.88. The summed E-state index contributed by atoms with van der Waals surface area (Å²) in [6.45, 7) is 7.80. The van der Waals surface area contributed by atoms with E-state index in [4.69, 9.17) is 16.3 Å². The summed E-state index contributed by atoms with van der Waals surface area (Å²) in [5.41, 5.74) is 1.02. The fourth-order valence-electron chi connectivity index (χ4n) is 3.28. The summed E-state index contributed by atoms with van der Waals surface area (Å²) in [4.78, 5) is 17.0. The molecule has 2 unspecified atom stereocenters. The zero-order valence-electron chi connectivity index (χ0n) is 14.3. The van der Waals surface area contributed by atoms with Gasteiger partial charge in [0.05, 0.1) is 6.42 Å². The lowest BCUT2D eigenvalue weighted by Gasteiger charge is -2.44. The standard InChI is InChI=1S/C18H27ClN2O2/c1-14-12-20(13-15(2)21(14)9-4-10-23-3)18(22)11-16-5-7-17(19)8-6-16/h5-8,14-15H,4,9-13H2,1-3H3. The maximum atomic E-state index is 12.6. The molecule has 1 fully saturated rings. The van der Waals surface area contributed by atoms with Crippen molar-refractivity contribution in [3.8, 4) is 0 Å². The average Bonchev–Trinajstić information content (AvgIpc) is 2.52. The summed E-state index contributed by atoms with van der Waals surface area (Å²) in [7, 11) is 1.74. The molecule has 1 aliphatic heterocycles. The van der Waals surface area contributed by atoms with Crippen molar-refractivity contribution in [2.75, 3.05) is 33.4 Å². The molecular formula is C18H27ClN2O2. The van der Waals surface area contributed by atoms with Crippen LogP contribution in [0, 0.1) is 0 Å². The third-order valence-electron chi connectivity index (χ3n) is 4.49. The van der Waals surface area contributed by atoms with Gasteiger partial charge in [-0.2, -0.15) is 0 Å².